The van der Waals surface area contributed by atoms with E-state index in [0.29, 0.717) is 38.5 Å². The van der Waals surface area contributed by atoms with Crippen molar-refractivity contribution in [1.82, 2.24) is 14.7 Å². The highest BCUT2D eigenvalue weighted by Gasteiger charge is 2.31. The third kappa shape index (κ3) is 8.05. The zero-order valence-electron chi connectivity index (χ0n) is 21.3. The molecule has 0 bridgehead atoms. The molecule has 2 amide bonds. The summed E-state index contributed by atoms with van der Waals surface area (Å²) < 4.78 is 55.6. The second kappa shape index (κ2) is 13.3. The van der Waals surface area contributed by atoms with E-state index >= 15 is 0 Å². The minimum absolute atomic E-state index is 0.0886. The van der Waals surface area contributed by atoms with Gasteiger partial charge in [0.2, 0.25) is 5.91 Å². The van der Waals surface area contributed by atoms with Crippen LogP contribution in [0.1, 0.15) is 40.9 Å². The Kier molecular flexibility index (Phi) is 9.81. The number of carbonyl (C=O) groups is 2. The highest BCUT2D eigenvalue weighted by Crippen LogP contribution is 2.29. The van der Waals surface area contributed by atoms with Gasteiger partial charge in [-0.1, -0.05) is 0 Å². The highest BCUT2D eigenvalue weighted by molar-refractivity contribution is 5.96. The maximum atomic E-state index is 13.5. The van der Waals surface area contributed by atoms with Gasteiger partial charge in [-0.05, 0) is 55.7 Å². The fraction of sp³-hybridized carbons (Fsp3) is 0.556. The van der Waals surface area contributed by atoms with Crippen LogP contribution in [0.2, 0.25) is 0 Å². The summed E-state index contributed by atoms with van der Waals surface area (Å²) in [5.41, 5.74) is -0.723. The summed E-state index contributed by atoms with van der Waals surface area (Å²) in [5, 5.41) is 0. The predicted octanol–water partition coefficient (Wildman–Crippen LogP) is 3.67. The van der Waals surface area contributed by atoms with Gasteiger partial charge < -0.3 is 23.7 Å². The molecule has 1 aromatic carbocycles. The average Bonchev–Trinajstić information content (AvgIpc) is 3.62. The van der Waals surface area contributed by atoms with Crippen molar-refractivity contribution in [3.05, 3.63) is 59.5 Å². The van der Waals surface area contributed by atoms with Crippen molar-refractivity contribution in [3.8, 4) is 0 Å². The van der Waals surface area contributed by atoms with Gasteiger partial charge in [0, 0.05) is 44.9 Å². The van der Waals surface area contributed by atoms with E-state index in [-0.39, 0.29) is 37.2 Å². The van der Waals surface area contributed by atoms with Crippen molar-refractivity contribution in [2.45, 2.75) is 38.1 Å². The summed E-state index contributed by atoms with van der Waals surface area (Å²) in [6, 6.07) is 7.64. The van der Waals surface area contributed by atoms with Gasteiger partial charge >= 0.3 is 6.18 Å². The molecule has 11 heteroatoms. The molecule has 38 heavy (non-hydrogen) atoms. The standard InChI is InChI=1S/C27H34F3N3O5/c28-27(29,30)22-8-6-21(7-9-22)26(35)32(11-3-10-31-12-16-36-17-13-31)20-25(34)33(18-23-4-1-14-37-23)19-24-5-2-15-38-24/h1,4,6-9,14,24H,2-3,5,10-13,15-20H2. The molecule has 0 radical (unpaired) electrons. The van der Waals surface area contributed by atoms with Crippen LogP contribution < -0.4 is 0 Å². The molecule has 4 rings (SSSR count). The minimum atomic E-state index is -4.50. The van der Waals surface area contributed by atoms with Crippen LogP contribution in [0.4, 0.5) is 13.2 Å². The molecule has 0 N–H and O–H groups in total. The van der Waals surface area contributed by atoms with Crippen LogP contribution in [0.5, 0.6) is 0 Å². The Morgan fingerprint density at radius 2 is 1.79 bits per heavy atom. The first-order chi connectivity index (χ1) is 18.3. The van der Waals surface area contributed by atoms with E-state index in [2.05, 4.69) is 4.90 Å². The van der Waals surface area contributed by atoms with Crippen LogP contribution in [-0.2, 0) is 27.0 Å². The number of nitrogens with zero attached hydrogens (tertiary/aromatic N) is 3. The third-order valence-corrected chi connectivity index (χ3v) is 6.81. The van der Waals surface area contributed by atoms with Crippen LogP contribution in [0.3, 0.4) is 0 Å². The fourth-order valence-corrected chi connectivity index (χ4v) is 4.69. The van der Waals surface area contributed by atoms with Crippen molar-refractivity contribution in [1.29, 1.82) is 0 Å². The third-order valence-electron chi connectivity index (χ3n) is 6.81. The molecule has 1 unspecified atom stereocenters. The molecule has 3 heterocycles. The van der Waals surface area contributed by atoms with Crippen LogP contribution in [0.15, 0.2) is 47.1 Å². The largest absolute Gasteiger partial charge is 0.467 e. The van der Waals surface area contributed by atoms with Crippen molar-refractivity contribution in [3.63, 3.8) is 0 Å². The number of benzene rings is 1. The van der Waals surface area contributed by atoms with Crippen molar-refractivity contribution < 1.29 is 36.7 Å². The van der Waals surface area contributed by atoms with Crippen molar-refractivity contribution >= 4 is 11.8 Å². The first-order valence-corrected chi connectivity index (χ1v) is 13.0. The van der Waals surface area contributed by atoms with E-state index in [9.17, 15) is 22.8 Å². The molecule has 2 aliphatic rings. The number of amides is 2. The summed E-state index contributed by atoms with van der Waals surface area (Å²) in [7, 11) is 0. The zero-order chi connectivity index (χ0) is 27.0. The Hall–Kier alpha value is -2.89. The molecular weight excluding hydrogens is 503 g/mol. The molecular formula is C27H34F3N3O5. The monoisotopic (exact) mass is 537 g/mol. The number of ether oxygens (including phenoxy) is 2. The maximum absolute atomic E-state index is 13.5. The maximum Gasteiger partial charge on any atom is 0.416 e. The fourth-order valence-electron chi connectivity index (χ4n) is 4.69. The normalized spacial score (nSPS) is 18.4. The van der Waals surface area contributed by atoms with Crippen molar-refractivity contribution in [2.75, 3.05) is 59.1 Å². The van der Waals surface area contributed by atoms with E-state index in [1.165, 1.54) is 11.2 Å². The molecule has 1 aromatic heterocycles. The molecule has 1 atom stereocenters. The number of furan rings is 1. The molecule has 2 aromatic rings. The van der Waals surface area contributed by atoms with Gasteiger partial charge in [0.15, 0.2) is 0 Å². The number of alkyl halides is 3. The molecule has 0 spiro atoms. The van der Waals surface area contributed by atoms with E-state index in [1.807, 2.05) is 0 Å². The van der Waals surface area contributed by atoms with Gasteiger partial charge in [-0.2, -0.15) is 13.2 Å². The summed E-state index contributed by atoms with van der Waals surface area (Å²) >= 11 is 0. The lowest BCUT2D eigenvalue weighted by Gasteiger charge is -2.30. The molecule has 0 aliphatic carbocycles. The van der Waals surface area contributed by atoms with Crippen LogP contribution >= 0.6 is 0 Å². The predicted molar refractivity (Wildman–Crippen MR) is 132 cm³/mol. The second-order valence-corrected chi connectivity index (χ2v) is 9.60. The number of hydrogen-bond acceptors (Lipinski definition) is 6. The number of morpholine rings is 1. The number of carbonyl (C=O) groups excluding carboxylic acids is 2. The van der Waals surface area contributed by atoms with Gasteiger partial charge in [0.05, 0.1) is 37.7 Å². The summed E-state index contributed by atoms with van der Waals surface area (Å²) in [6.45, 7) is 4.96. The number of hydrogen-bond donors (Lipinski definition) is 0. The number of halogens is 3. The van der Waals surface area contributed by atoms with E-state index in [0.717, 1.165) is 56.7 Å². The van der Waals surface area contributed by atoms with E-state index < -0.39 is 17.6 Å². The Morgan fingerprint density at radius 3 is 2.42 bits per heavy atom. The van der Waals surface area contributed by atoms with Crippen LogP contribution in [0.25, 0.3) is 0 Å². The number of rotatable bonds is 11. The van der Waals surface area contributed by atoms with E-state index in [4.69, 9.17) is 13.9 Å². The smallest absolute Gasteiger partial charge is 0.416 e. The molecule has 0 saturated carbocycles. The minimum Gasteiger partial charge on any atom is -0.467 e. The Balaban J connectivity index is 1.47. The van der Waals surface area contributed by atoms with Gasteiger partial charge in [0.25, 0.3) is 5.91 Å². The van der Waals surface area contributed by atoms with Gasteiger partial charge in [-0.15, -0.1) is 0 Å². The lowest BCUT2D eigenvalue weighted by Crippen LogP contribution is -2.46. The lowest BCUT2D eigenvalue weighted by atomic mass is 10.1. The van der Waals surface area contributed by atoms with E-state index in [1.54, 1.807) is 17.0 Å². The zero-order valence-corrected chi connectivity index (χ0v) is 21.3. The Labute approximate surface area is 220 Å². The van der Waals surface area contributed by atoms with Gasteiger partial charge in [0.1, 0.15) is 12.3 Å². The molecule has 8 nitrogen and oxygen atoms in total. The second-order valence-electron chi connectivity index (χ2n) is 9.60. The average molecular weight is 538 g/mol. The molecule has 208 valence electrons. The quantitative estimate of drug-likeness (QED) is 0.436. The molecule has 2 aliphatic heterocycles. The Bertz CT molecular complexity index is 1020. The summed E-state index contributed by atoms with van der Waals surface area (Å²) in [6.07, 6.45) is -0.665. The summed E-state index contributed by atoms with van der Waals surface area (Å²) in [4.78, 5) is 32.2. The molecule has 2 saturated heterocycles. The topological polar surface area (TPSA) is 75.5 Å². The highest BCUT2D eigenvalue weighted by atomic mass is 19.4. The molecule has 2 fully saturated rings. The summed E-state index contributed by atoms with van der Waals surface area (Å²) in [5.74, 6) is -0.142. The SMILES string of the molecule is O=C(CN(CCCN1CCOCC1)C(=O)c1ccc(C(F)(F)F)cc1)N(Cc1ccco1)CC1CCCO1. The van der Waals surface area contributed by atoms with Crippen molar-refractivity contribution in [2.24, 2.45) is 0 Å². The van der Waals surface area contributed by atoms with Gasteiger partial charge in [-0.3, -0.25) is 14.5 Å². The van der Waals surface area contributed by atoms with Gasteiger partial charge in [-0.25, -0.2) is 0 Å². The first-order valence-electron chi connectivity index (χ1n) is 13.0. The van der Waals surface area contributed by atoms with Crippen LogP contribution in [0, 0.1) is 0 Å². The first kappa shape index (κ1) is 28.1. The van der Waals surface area contributed by atoms with Crippen LogP contribution in [-0.4, -0.2) is 91.7 Å². The Morgan fingerprint density at radius 1 is 1.03 bits per heavy atom. The lowest BCUT2D eigenvalue weighted by molar-refractivity contribution is -0.137.